The van der Waals surface area contributed by atoms with Gasteiger partial charge >= 0.3 is 0 Å². The van der Waals surface area contributed by atoms with Gasteiger partial charge in [-0.3, -0.25) is 4.79 Å². The largest absolute Gasteiger partial charge is 0.378 e. The van der Waals surface area contributed by atoms with E-state index in [4.69, 9.17) is 15.2 Å². The molecule has 11 heteroatoms. The van der Waals surface area contributed by atoms with Crippen molar-refractivity contribution in [1.82, 2.24) is 20.3 Å². The van der Waals surface area contributed by atoms with E-state index in [0.29, 0.717) is 81.2 Å². The maximum absolute atomic E-state index is 12.7. The zero-order valence-corrected chi connectivity index (χ0v) is 22.9. The predicted octanol–water partition coefficient (Wildman–Crippen LogP) is 3.69. The summed E-state index contributed by atoms with van der Waals surface area (Å²) in [4.78, 5) is 26.5. The van der Waals surface area contributed by atoms with E-state index in [1.165, 1.54) is 19.3 Å². The molecule has 0 spiro atoms. The number of carbonyl (C=O) groups excluding carboxylic acids is 1. The predicted molar refractivity (Wildman–Crippen MR) is 157 cm³/mol. The molecule has 0 atom stereocenters. The average Bonchev–Trinajstić information content (AvgIpc) is 2.98. The number of ether oxygens (including phenoxy) is 2. The van der Waals surface area contributed by atoms with Gasteiger partial charge in [0.25, 0.3) is 5.91 Å². The number of hydrogen-bond donors (Lipinski definition) is 5. The van der Waals surface area contributed by atoms with E-state index >= 15 is 0 Å². The molecule has 1 heterocycles. The van der Waals surface area contributed by atoms with Gasteiger partial charge in [-0.1, -0.05) is 55.7 Å². The van der Waals surface area contributed by atoms with Crippen LogP contribution < -0.4 is 27.0 Å². The molecule has 1 aliphatic carbocycles. The van der Waals surface area contributed by atoms with Crippen molar-refractivity contribution in [3.8, 4) is 0 Å². The van der Waals surface area contributed by atoms with Crippen molar-refractivity contribution >= 4 is 29.4 Å². The summed E-state index contributed by atoms with van der Waals surface area (Å²) in [5.41, 5.74) is 7.73. The van der Waals surface area contributed by atoms with Gasteiger partial charge in [0.05, 0.1) is 26.4 Å². The number of anilines is 4. The molecule has 214 valence electrons. The second-order valence-electron chi connectivity index (χ2n) is 9.60. The minimum absolute atomic E-state index is 0.188. The van der Waals surface area contributed by atoms with Crippen LogP contribution >= 0.6 is 0 Å². The number of nitrogens with zero attached hydrogens (tertiary/aromatic N) is 3. The third-order valence-electron chi connectivity index (χ3n) is 6.41. The molecule has 1 amide bonds. The van der Waals surface area contributed by atoms with Crippen molar-refractivity contribution in [1.29, 1.82) is 0 Å². The first kappa shape index (κ1) is 29.2. The first-order valence-electron chi connectivity index (χ1n) is 14.0. The fraction of sp³-hybridized carbons (Fsp3) is 0.448. The Kier molecular flexibility index (Phi) is 11.9. The Balaban J connectivity index is 1.37. The number of benzene rings is 2. The lowest BCUT2D eigenvalue weighted by Gasteiger charge is -2.23. The van der Waals surface area contributed by atoms with E-state index in [1.54, 1.807) is 12.1 Å². The normalized spacial score (nSPS) is 13.5. The molecule has 1 fully saturated rings. The van der Waals surface area contributed by atoms with Crippen LogP contribution in [0.5, 0.6) is 0 Å². The van der Waals surface area contributed by atoms with Gasteiger partial charge in [0.1, 0.15) is 0 Å². The van der Waals surface area contributed by atoms with Gasteiger partial charge in [-0.05, 0) is 36.6 Å². The highest BCUT2D eigenvalue weighted by Crippen LogP contribution is 2.22. The molecule has 0 aliphatic heterocycles. The third-order valence-corrected chi connectivity index (χ3v) is 6.41. The number of amides is 1. The Morgan fingerprint density at radius 2 is 1.60 bits per heavy atom. The zero-order valence-electron chi connectivity index (χ0n) is 22.9. The van der Waals surface area contributed by atoms with Crippen molar-refractivity contribution < 1.29 is 14.3 Å². The molecule has 0 radical (unpaired) electrons. The van der Waals surface area contributed by atoms with Crippen LogP contribution in [0.1, 0.15) is 48.0 Å². The Morgan fingerprint density at radius 3 is 2.40 bits per heavy atom. The lowest BCUT2D eigenvalue weighted by Crippen LogP contribution is -2.27. The number of aromatic nitrogens is 3. The van der Waals surface area contributed by atoms with Crippen LogP contribution in [0.25, 0.3) is 0 Å². The fourth-order valence-electron chi connectivity index (χ4n) is 4.39. The summed E-state index contributed by atoms with van der Waals surface area (Å²) in [5.74, 6) is 1.21. The molecule has 1 aromatic heterocycles. The smallest absolute Gasteiger partial charge is 0.251 e. The standard InChI is InChI=1S/C29H40N8O3/c30-14-16-39-18-19-40-17-15-31-26(38)23-10-7-13-25(20-23)34-29-36-27(32-21-22-8-3-1-4-9-22)35-28(37-29)33-24-11-5-2-6-12-24/h1,3-4,7-10,13,20,24H,2,5-6,11-12,14-19,21,30H2,(H,31,38)(H3,32,33,34,35,36,37). The fourth-order valence-corrected chi connectivity index (χ4v) is 4.39. The maximum Gasteiger partial charge on any atom is 0.251 e. The lowest BCUT2D eigenvalue weighted by atomic mass is 9.96. The quantitative estimate of drug-likeness (QED) is 0.168. The van der Waals surface area contributed by atoms with Crippen molar-refractivity contribution in [2.45, 2.75) is 44.7 Å². The van der Waals surface area contributed by atoms with Gasteiger partial charge in [0.2, 0.25) is 17.8 Å². The van der Waals surface area contributed by atoms with Gasteiger partial charge in [-0.25, -0.2) is 0 Å². The van der Waals surface area contributed by atoms with Gasteiger partial charge in [-0.15, -0.1) is 0 Å². The summed E-state index contributed by atoms with van der Waals surface area (Å²) in [6.45, 7) is 3.33. The number of carbonyl (C=O) groups is 1. The van der Waals surface area contributed by atoms with Crippen LogP contribution in [0, 0.1) is 0 Å². The number of nitrogens with one attached hydrogen (secondary N) is 4. The first-order valence-corrected chi connectivity index (χ1v) is 14.0. The van der Waals surface area contributed by atoms with Crippen molar-refractivity contribution in [2.24, 2.45) is 5.73 Å². The summed E-state index contributed by atoms with van der Waals surface area (Å²) in [5, 5.41) is 12.9. The maximum atomic E-state index is 12.7. The summed E-state index contributed by atoms with van der Waals surface area (Å²) >= 11 is 0. The Labute approximate surface area is 235 Å². The van der Waals surface area contributed by atoms with Crippen molar-refractivity contribution in [3.05, 3.63) is 65.7 Å². The van der Waals surface area contributed by atoms with Gasteiger partial charge < -0.3 is 36.5 Å². The summed E-state index contributed by atoms with van der Waals surface area (Å²) in [6, 6.07) is 17.7. The van der Waals surface area contributed by atoms with E-state index < -0.39 is 0 Å². The van der Waals surface area contributed by atoms with Gasteiger partial charge in [-0.2, -0.15) is 15.0 Å². The second-order valence-corrected chi connectivity index (χ2v) is 9.60. The molecule has 1 saturated carbocycles. The van der Waals surface area contributed by atoms with Crippen LogP contribution in [0.2, 0.25) is 0 Å². The molecular weight excluding hydrogens is 508 g/mol. The summed E-state index contributed by atoms with van der Waals surface area (Å²) in [6.07, 6.45) is 5.89. The van der Waals surface area contributed by atoms with Crippen LogP contribution in [0.4, 0.5) is 23.5 Å². The molecule has 40 heavy (non-hydrogen) atoms. The number of rotatable bonds is 16. The van der Waals surface area contributed by atoms with Gasteiger partial charge in [0.15, 0.2) is 0 Å². The minimum atomic E-state index is -0.188. The van der Waals surface area contributed by atoms with E-state index in [9.17, 15) is 4.79 Å². The molecule has 1 aliphatic rings. The lowest BCUT2D eigenvalue weighted by molar-refractivity contribution is 0.0511. The highest BCUT2D eigenvalue weighted by atomic mass is 16.5. The molecule has 6 N–H and O–H groups in total. The highest BCUT2D eigenvalue weighted by Gasteiger charge is 2.16. The molecule has 0 saturated heterocycles. The van der Waals surface area contributed by atoms with E-state index in [-0.39, 0.29) is 5.91 Å². The second kappa shape index (κ2) is 16.3. The minimum Gasteiger partial charge on any atom is -0.378 e. The first-order chi connectivity index (χ1) is 19.7. The van der Waals surface area contributed by atoms with E-state index in [0.717, 1.165) is 18.4 Å². The number of hydrogen-bond acceptors (Lipinski definition) is 10. The Morgan fingerprint density at radius 1 is 0.850 bits per heavy atom. The van der Waals surface area contributed by atoms with Gasteiger partial charge in [0, 0.05) is 36.9 Å². The molecule has 4 rings (SSSR count). The SMILES string of the molecule is NCCOCCOCCNC(=O)c1cccc(Nc2nc(NCc3ccccc3)nc(NC3CCCCC3)n2)c1. The van der Waals surface area contributed by atoms with Crippen LogP contribution in [-0.2, 0) is 16.0 Å². The van der Waals surface area contributed by atoms with Crippen LogP contribution in [-0.4, -0.2) is 66.4 Å². The Hall–Kier alpha value is -3.80. The zero-order chi connectivity index (χ0) is 27.8. The summed E-state index contributed by atoms with van der Waals surface area (Å²) in [7, 11) is 0. The molecule has 2 aromatic carbocycles. The van der Waals surface area contributed by atoms with Crippen molar-refractivity contribution in [3.63, 3.8) is 0 Å². The van der Waals surface area contributed by atoms with Crippen LogP contribution in [0.3, 0.4) is 0 Å². The molecular formula is C29H40N8O3. The molecule has 11 nitrogen and oxygen atoms in total. The molecule has 0 bridgehead atoms. The highest BCUT2D eigenvalue weighted by molar-refractivity contribution is 5.95. The van der Waals surface area contributed by atoms with E-state index in [2.05, 4.69) is 48.4 Å². The molecule has 0 unspecified atom stereocenters. The summed E-state index contributed by atoms with van der Waals surface area (Å²) < 4.78 is 10.7. The number of nitrogens with two attached hydrogens (primary N) is 1. The molecule has 3 aromatic rings. The monoisotopic (exact) mass is 548 g/mol. The van der Waals surface area contributed by atoms with Crippen molar-refractivity contribution in [2.75, 3.05) is 55.5 Å². The van der Waals surface area contributed by atoms with Crippen LogP contribution in [0.15, 0.2) is 54.6 Å². The topological polar surface area (TPSA) is 148 Å². The average molecular weight is 549 g/mol. The third kappa shape index (κ3) is 10.1. The Bertz CT molecular complexity index is 1170. The van der Waals surface area contributed by atoms with E-state index in [1.807, 2.05) is 30.3 Å².